The molecular weight excluding hydrogens is 196 g/mol. The number of rotatable bonds is 2. The molecule has 0 amide bonds. The van der Waals surface area contributed by atoms with E-state index in [1.165, 1.54) is 0 Å². The molecule has 2 rings (SSSR count). The second-order valence-corrected chi connectivity index (χ2v) is 3.72. The summed E-state index contributed by atoms with van der Waals surface area (Å²) in [7, 11) is 0. The van der Waals surface area contributed by atoms with E-state index >= 15 is 0 Å². The highest BCUT2D eigenvalue weighted by atomic mass is 35.5. The summed E-state index contributed by atoms with van der Waals surface area (Å²) in [6, 6.07) is 2.01. The van der Waals surface area contributed by atoms with E-state index in [0.717, 1.165) is 5.56 Å². The highest BCUT2D eigenvalue weighted by molar-refractivity contribution is 7.07. The van der Waals surface area contributed by atoms with E-state index in [-0.39, 0.29) is 12.4 Å². The van der Waals surface area contributed by atoms with Crippen LogP contribution >= 0.6 is 22.9 Å². The highest BCUT2D eigenvalue weighted by Crippen LogP contribution is 2.28. The first-order valence-electron chi connectivity index (χ1n) is 3.75. The largest absolute Gasteiger partial charge is 0.346 e. The van der Waals surface area contributed by atoms with Crippen LogP contribution in [0.25, 0.3) is 0 Å². The summed E-state index contributed by atoms with van der Waals surface area (Å²) in [5.74, 6) is 0.501. The molecule has 1 aromatic rings. The van der Waals surface area contributed by atoms with Gasteiger partial charge >= 0.3 is 0 Å². The summed E-state index contributed by atoms with van der Waals surface area (Å²) in [6.45, 7) is 0.601. The van der Waals surface area contributed by atoms with Crippen LogP contribution in [0.4, 0.5) is 0 Å². The SMILES string of the molecule is ClC[C@@H]1CO[C@@H](c2ccsc2)O1. The Labute approximate surface area is 80.1 Å². The van der Waals surface area contributed by atoms with E-state index in [2.05, 4.69) is 0 Å². The zero-order chi connectivity index (χ0) is 8.39. The maximum absolute atomic E-state index is 5.63. The van der Waals surface area contributed by atoms with E-state index in [9.17, 15) is 0 Å². The fraction of sp³-hybridized carbons (Fsp3) is 0.500. The summed E-state index contributed by atoms with van der Waals surface area (Å²) in [5, 5.41) is 4.04. The molecule has 66 valence electrons. The van der Waals surface area contributed by atoms with E-state index in [4.69, 9.17) is 21.1 Å². The Balaban J connectivity index is 2.00. The Kier molecular flexibility index (Phi) is 2.66. The molecule has 0 N–H and O–H groups in total. The quantitative estimate of drug-likeness (QED) is 0.689. The van der Waals surface area contributed by atoms with Crippen molar-refractivity contribution in [1.82, 2.24) is 0 Å². The zero-order valence-corrected chi connectivity index (χ0v) is 7.98. The molecule has 0 aliphatic carbocycles. The summed E-state index contributed by atoms with van der Waals surface area (Å²) in [4.78, 5) is 0. The predicted octanol–water partition coefficient (Wildman–Crippen LogP) is 2.40. The van der Waals surface area contributed by atoms with Crippen molar-refractivity contribution in [1.29, 1.82) is 0 Å². The molecule has 2 atom stereocenters. The molecule has 0 aromatic carbocycles. The molecule has 0 bridgehead atoms. The fourth-order valence-corrected chi connectivity index (χ4v) is 1.94. The number of hydrogen-bond donors (Lipinski definition) is 0. The highest BCUT2D eigenvalue weighted by Gasteiger charge is 2.26. The topological polar surface area (TPSA) is 18.5 Å². The van der Waals surface area contributed by atoms with Crippen LogP contribution in [0.1, 0.15) is 11.9 Å². The number of ether oxygens (including phenoxy) is 2. The van der Waals surface area contributed by atoms with Crippen molar-refractivity contribution in [3.8, 4) is 0 Å². The van der Waals surface area contributed by atoms with Crippen molar-refractivity contribution in [3.05, 3.63) is 22.4 Å². The number of thiophene rings is 1. The predicted molar refractivity (Wildman–Crippen MR) is 48.6 cm³/mol. The van der Waals surface area contributed by atoms with Gasteiger partial charge in [-0.25, -0.2) is 0 Å². The van der Waals surface area contributed by atoms with Gasteiger partial charge in [-0.3, -0.25) is 0 Å². The average Bonchev–Trinajstić information content (AvgIpc) is 2.75. The molecule has 1 aromatic heterocycles. The van der Waals surface area contributed by atoms with Crippen molar-refractivity contribution in [2.24, 2.45) is 0 Å². The van der Waals surface area contributed by atoms with Crippen molar-refractivity contribution >= 4 is 22.9 Å². The lowest BCUT2D eigenvalue weighted by molar-refractivity contribution is -0.0564. The summed E-state index contributed by atoms with van der Waals surface area (Å²) in [6.07, 6.45) is -0.142. The van der Waals surface area contributed by atoms with Crippen LogP contribution in [0.15, 0.2) is 16.8 Å². The lowest BCUT2D eigenvalue weighted by Gasteiger charge is -2.07. The maximum atomic E-state index is 5.63. The van der Waals surface area contributed by atoms with Crippen LogP contribution in [0.2, 0.25) is 0 Å². The van der Waals surface area contributed by atoms with Crippen molar-refractivity contribution in [3.63, 3.8) is 0 Å². The molecule has 12 heavy (non-hydrogen) atoms. The zero-order valence-electron chi connectivity index (χ0n) is 6.40. The van der Waals surface area contributed by atoms with Gasteiger partial charge in [0.05, 0.1) is 18.6 Å². The van der Waals surface area contributed by atoms with Crippen LogP contribution in [-0.2, 0) is 9.47 Å². The lowest BCUT2D eigenvalue weighted by Crippen LogP contribution is -2.10. The molecule has 0 radical (unpaired) electrons. The van der Waals surface area contributed by atoms with Crippen LogP contribution in [0, 0.1) is 0 Å². The van der Waals surface area contributed by atoms with Crippen LogP contribution in [-0.4, -0.2) is 18.6 Å². The lowest BCUT2D eigenvalue weighted by atomic mass is 10.3. The third-order valence-corrected chi connectivity index (χ3v) is 2.78. The first-order chi connectivity index (χ1) is 5.90. The standard InChI is InChI=1S/C8H9ClO2S/c9-3-7-4-10-8(11-7)6-1-2-12-5-6/h1-2,5,7-8H,3-4H2/t7-,8-/m1/s1. The van der Waals surface area contributed by atoms with Gasteiger partial charge in [0.25, 0.3) is 0 Å². The molecule has 0 saturated carbocycles. The Morgan fingerprint density at radius 1 is 1.67 bits per heavy atom. The van der Waals surface area contributed by atoms with E-state index in [1.54, 1.807) is 11.3 Å². The van der Waals surface area contributed by atoms with Gasteiger partial charge in [-0.2, -0.15) is 11.3 Å². The Hall–Kier alpha value is -0.0900. The number of hydrogen-bond acceptors (Lipinski definition) is 3. The van der Waals surface area contributed by atoms with Gasteiger partial charge in [0.15, 0.2) is 6.29 Å². The molecule has 0 unspecified atom stereocenters. The van der Waals surface area contributed by atoms with Crippen LogP contribution in [0.3, 0.4) is 0 Å². The minimum Gasteiger partial charge on any atom is -0.346 e. The molecule has 2 nitrogen and oxygen atoms in total. The molecule has 0 spiro atoms. The molecule has 1 aliphatic rings. The average molecular weight is 205 g/mol. The van der Waals surface area contributed by atoms with Gasteiger partial charge < -0.3 is 9.47 Å². The minimum atomic E-state index is -0.194. The smallest absolute Gasteiger partial charge is 0.185 e. The Morgan fingerprint density at radius 2 is 2.58 bits per heavy atom. The maximum Gasteiger partial charge on any atom is 0.185 e. The van der Waals surface area contributed by atoms with Gasteiger partial charge in [0, 0.05) is 5.56 Å². The summed E-state index contributed by atoms with van der Waals surface area (Å²) >= 11 is 7.27. The summed E-state index contributed by atoms with van der Waals surface area (Å²) < 4.78 is 10.9. The molecular formula is C8H9ClO2S. The van der Waals surface area contributed by atoms with E-state index < -0.39 is 0 Å². The van der Waals surface area contributed by atoms with E-state index in [1.807, 2.05) is 16.8 Å². The van der Waals surface area contributed by atoms with Crippen molar-refractivity contribution in [2.45, 2.75) is 12.4 Å². The van der Waals surface area contributed by atoms with Gasteiger partial charge in [-0.1, -0.05) is 0 Å². The molecule has 4 heteroatoms. The Bertz CT molecular complexity index is 237. The van der Waals surface area contributed by atoms with Gasteiger partial charge in [-0.15, -0.1) is 11.6 Å². The Morgan fingerprint density at radius 3 is 3.17 bits per heavy atom. The number of halogens is 1. The molecule has 1 saturated heterocycles. The van der Waals surface area contributed by atoms with Gasteiger partial charge in [0.1, 0.15) is 0 Å². The van der Waals surface area contributed by atoms with Crippen LogP contribution in [0.5, 0.6) is 0 Å². The van der Waals surface area contributed by atoms with Crippen molar-refractivity contribution in [2.75, 3.05) is 12.5 Å². The minimum absolute atomic E-state index is 0.0524. The molecule has 2 heterocycles. The van der Waals surface area contributed by atoms with Gasteiger partial charge in [0.2, 0.25) is 0 Å². The molecule has 1 aliphatic heterocycles. The first-order valence-corrected chi connectivity index (χ1v) is 5.23. The van der Waals surface area contributed by atoms with Gasteiger partial charge in [-0.05, 0) is 16.8 Å². The third kappa shape index (κ3) is 1.64. The fourth-order valence-electron chi connectivity index (χ4n) is 1.11. The van der Waals surface area contributed by atoms with Crippen LogP contribution < -0.4 is 0 Å². The monoisotopic (exact) mass is 204 g/mol. The molecule has 1 fully saturated rings. The second-order valence-electron chi connectivity index (χ2n) is 2.63. The normalized spacial score (nSPS) is 29.4. The van der Waals surface area contributed by atoms with Crippen molar-refractivity contribution < 1.29 is 9.47 Å². The first kappa shape index (κ1) is 8.51. The summed E-state index contributed by atoms with van der Waals surface area (Å²) in [5.41, 5.74) is 1.09. The second kappa shape index (κ2) is 3.75. The third-order valence-electron chi connectivity index (χ3n) is 1.74. The van der Waals surface area contributed by atoms with E-state index in [0.29, 0.717) is 12.5 Å². The number of alkyl halides is 1.